The summed E-state index contributed by atoms with van der Waals surface area (Å²) in [4.78, 5) is 19.4. The summed E-state index contributed by atoms with van der Waals surface area (Å²) in [5.74, 6) is 1.84. The molecule has 1 amide bonds. The quantitative estimate of drug-likeness (QED) is 0.670. The van der Waals surface area contributed by atoms with Gasteiger partial charge in [0.15, 0.2) is 0 Å². The van der Waals surface area contributed by atoms with Gasteiger partial charge in [0.1, 0.15) is 5.82 Å². The van der Waals surface area contributed by atoms with E-state index in [4.69, 9.17) is 4.98 Å². The van der Waals surface area contributed by atoms with Crippen molar-refractivity contribution in [1.29, 1.82) is 0 Å². The molecule has 3 aromatic rings. The number of carbonyl (C=O) groups excluding carboxylic acids is 1. The van der Waals surface area contributed by atoms with Gasteiger partial charge in [-0.2, -0.15) is 0 Å². The van der Waals surface area contributed by atoms with Crippen molar-refractivity contribution in [3.05, 3.63) is 60.4 Å². The molecule has 1 aromatic heterocycles. The van der Waals surface area contributed by atoms with E-state index in [0.717, 1.165) is 22.5 Å². The van der Waals surface area contributed by atoms with Gasteiger partial charge in [-0.1, -0.05) is 30.3 Å². The number of hydrogen-bond donors (Lipinski definition) is 0. The normalized spacial score (nSPS) is 15.2. The van der Waals surface area contributed by atoms with Gasteiger partial charge < -0.3 is 4.90 Å². The number of imidazole rings is 1. The molecule has 1 saturated carbocycles. The van der Waals surface area contributed by atoms with Crippen LogP contribution in [0.4, 0.5) is 0 Å². The van der Waals surface area contributed by atoms with Crippen molar-refractivity contribution in [2.24, 2.45) is 5.92 Å². The highest BCUT2D eigenvalue weighted by molar-refractivity contribution is 5.79. The van der Waals surface area contributed by atoms with E-state index in [2.05, 4.69) is 29.7 Å². The molecule has 1 atom stereocenters. The highest BCUT2D eigenvalue weighted by Crippen LogP contribution is 2.34. The zero-order valence-electron chi connectivity index (χ0n) is 15.4. The van der Waals surface area contributed by atoms with Crippen LogP contribution in [0.2, 0.25) is 0 Å². The van der Waals surface area contributed by atoms with E-state index in [1.54, 1.807) is 0 Å². The summed E-state index contributed by atoms with van der Waals surface area (Å²) >= 11 is 0. The number of fused-ring (bicyclic) bond motifs is 1. The van der Waals surface area contributed by atoms with E-state index in [1.165, 1.54) is 12.8 Å². The first-order valence-corrected chi connectivity index (χ1v) is 9.42. The Balaban J connectivity index is 1.59. The second kappa shape index (κ2) is 6.94. The van der Waals surface area contributed by atoms with Gasteiger partial charge in [0, 0.05) is 31.6 Å². The lowest BCUT2D eigenvalue weighted by Gasteiger charge is -2.25. The maximum absolute atomic E-state index is 12.6. The minimum Gasteiger partial charge on any atom is -0.343 e. The maximum Gasteiger partial charge on any atom is 0.223 e. The molecule has 0 saturated heterocycles. The Hall–Kier alpha value is -2.62. The zero-order chi connectivity index (χ0) is 18.1. The Morgan fingerprint density at radius 2 is 1.85 bits per heavy atom. The summed E-state index contributed by atoms with van der Waals surface area (Å²) in [6.07, 6.45) is 3.64. The van der Waals surface area contributed by atoms with Crippen molar-refractivity contribution < 1.29 is 4.79 Å². The summed E-state index contributed by atoms with van der Waals surface area (Å²) in [6.45, 7) is 2.16. The molecule has 1 unspecified atom stereocenters. The van der Waals surface area contributed by atoms with Crippen LogP contribution in [-0.2, 0) is 11.2 Å². The molecule has 0 bridgehead atoms. The predicted molar refractivity (Wildman–Crippen MR) is 104 cm³/mol. The van der Waals surface area contributed by atoms with E-state index in [1.807, 2.05) is 48.3 Å². The molecule has 0 aliphatic heterocycles. The van der Waals surface area contributed by atoms with Gasteiger partial charge in [0.25, 0.3) is 0 Å². The lowest BCUT2D eigenvalue weighted by atomic mass is 10.1. The van der Waals surface area contributed by atoms with Crippen LogP contribution in [0.25, 0.3) is 16.7 Å². The smallest absolute Gasteiger partial charge is 0.223 e. The fourth-order valence-corrected chi connectivity index (χ4v) is 3.63. The summed E-state index contributed by atoms with van der Waals surface area (Å²) in [5, 5.41) is 0. The average molecular weight is 347 g/mol. The second-order valence-electron chi connectivity index (χ2n) is 7.27. The predicted octanol–water partition coefficient (Wildman–Crippen LogP) is 4.22. The first kappa shape index (κ1) is 16.8. The van der Waals surface area contributed by atoms with Crippen molar-refractivity contribution in [2.75, 3.05) is 7.05 Å². The monoisotopic (exact) mass is 347 g/mol. The minimum atomic E-state index is 0.205. The molecule has 1 heterocycles. The van der Waals surface area contributed by atoms with Gasteiger partial charge >= 0.3 is 0 Å². The van der Waals surface area contributed by atoms with Crippen LogP contribution in [0.1, 0.15) is 32.0 Å². The Morgan fingerprint density at radius 1 is 1.15 bits per heavy atom. The van der Waals surface area contributed by atoms with Crippen molar-refractivity contribution in [1.82, 2.24) is 14.5 Å². The number of carbonyl (C=O) groups is 1. The van der Waals surface area contributed by atoms with Gasteiger partial charge in [0.2, 0.25) is 5.91 Å². The van der Waals surface area contributed by atoms with E-state index in [9.17, 15) is 4.79 Å². The lowest BCUT2D eigenvalue weighted by molar-refractivity contribution is -0.132. The van der Waals surface area contributed by atoms with Crippen LogP contribution in [0.5, 0.6) is 0 Å². The van der Waals surface area contributed by atoms with Gasteiger partial charge in [-0.05, 0) is 49.9 Å². The molecule has 0 radical (unpaired) electrons. The molecule has 2 aromatic carbocycles. The largest absolute Gasteiger partial charge is 0.343 e. The van der Waals surface area contributed by atoms with Gasteiger partial charge in [-0.25, -0.2) is 4.98 Å². The minimum absolute atomic E-state index is 0.205. The van der Waals surface area contributed by atoms with Crippen molar-refractivity contribution in [2.45, 2.75) is 38.6 Å². The first-order valence-electron chi connectivity index (χ1n) is 9.42. The lowest BCUT2D eigenvalue weighted by Crippen LogP contribution is -2.36. The first-order chi connectivity index (χ1) is 12.6. The SMILES string of the molecule is CC(C1CC1)N(C)C(=O)CCc1nc2ccccc2n1-c1ccccc1. The Kier molecular flexibility index (Phi) is 4.49. The fraction of sp³-hybridized carbons (Fsp3) is 0.364. The molecule has 26 heavy (non-hydrogen) atoms. The van der Waals surface area contributed by atoms with Gasteiger partial charge in [-0.3, -0.25) is 9.36 Å². The third kappa shape index (κ3) is 3.24. The highest BCUT2D eigenvalue weighted by atomic mass is 16.2. The van der Waals surface area contributed by atoms with Crippen LogP contribution in [-0.4, -0.2) is 33.4 Å². The summed E-state index contributed by atoms with van der Waals surface area (Å²) in [5.41, 5.74) is 3.14. The highest BCUT2D eigenvalue weighted by Gasteiger charge is 2.32. The van der Waals surface area contributed by atoms with Crippen LogP contribution in [0, 0.1) is 5.92 Å². The summed E-state index contributed by atoms with van der Waals surface area (Å²) in [6, 6.07) is 18.7. The molecule has 4 nitrogen and oxygen atoms in total. The van der Waals surface area contributed by atoms with Crippen LogP contribution >= 0.6 is 0 Å². The Morgan fingerprint density at radius 3 is 2.58 bits per heavy atom. The van der Waals surface area contributed by atoms with Gasteiger partial charge in [-0.15, -0.1) is 0 Å². The van der Waals surface area contributed by atoms with E-state index >= 15 is 0 Å². The van der Waals surface area contributed by atoms with E-state index in [0.29, 0.717) is 24.8 Å². The number of hydrogen-bond acceptors (Lipinski definition) is 2. The maximum atomic E-state index is 12.6. The molecule has 1 fully saturated rings. The third-order valence-electron chi connectivity index (χ3n) is 5.52. The van der Waals surface area contributed by atoms with Crippen LogP contribution in [0.3, 0.4) is 0 Å². The Labute approximate surface area is 154 Å². The summed E-state index contributed by atoms with van der Waals surface area (Å²) < 4.78 is 2.17. The van der Waals surface area contributed by atoms with Gasteiger partial charge in [0.05, 0.1) is 11.0 Å². The third-order valence-corrected chi connectivity index (χ3v) is 5.52. The number of amides is 1. The summed E-state index contributed by atoms with van der Waals surface area (Å²) in [7, 11) is 1.94. The van der Waals surface area contributed by atoms with E-state index < -0.39 is 0 Å². The molecule has 134 valence electrons. The molecule has 0 N–H and O–H groups in total. The van der Waals surface area contributed by atoms with Crippen molar-refractivity contribution in [3.63, 3.8) is 0 Å². The number of aryl methyl sites for hydroxylation is 1. The topological polar surface area (TPSA) is 38.1 Å². The number of para-hydroxylation sites is 3. The standard InChI is InChI=1S/C22H25N3O/c1-16(17-12-13-17)24(2)22(26)15-14-21-23-19-10-6-7-11-20(19)25(21)18-8-4-3-5-9-18/h3-11,16-17H,12-15H2,1-2H3. The van der Waals surface area contributed by atoms with Crippen LogP contribution < -0.4 is 0 Å². The van der Waals surface area contributed by atoms with Crippen molar-refractivity contribution in [3.8, 4) is 5.69 Å². The number of benzene rings is 2. The van der Waals surface area contributed by atoms with E-state index in [-0.39, 0.29) is 5.91 Å². The molecule has 0 spiro atoms. The van der Waals surface area contributed by atoms with Crippen LogP contribution in [0.15, 0.2) is 54.6 Å². The molecular formula is C22H25N3O. The molecule has 4 rings (SSSR count). The molecular weight excluding hydrogens is 322 g/mol. The fourth-order valence-electron chi connectivity index (χ4n) is 3.63. The molecule has 4 heteroatoms. The molecule has 1 aliphatic carbocycles. The number of nitrogens with zero attached hydrogens (tertiary/aromatic N) is 3. The Bertz CT molecular complexity index is 912. The second-order valence-corrected chi connectivity index (χ2v) is 7.27. The number of aromatic nitrogens is 2. The molecule has 1 aliphatic rings. The van der Waals surface area contributed by atoms with Crippen molar-refractivity contribution >= 4 is 16.9 Å². The number of rotatable bonds is 6. The zero-order valence-corrected chi connectivity index (χ0v) is 15.4. The average Bonchev–Trinajstić information content (AvgIpc) is 3.46.